The Morgan fingerprint density at radius 2 is 1.00 bits per heavy atom. The molecule has 0 fully saturated rings. The van der Waals surface area contributed by atoms with Crippen molar-refractivity contribution in [2.75, 3.05) is 0 Å². The standard InChI is InChI=1S/C28H18Cl4N2O2/c29-19-13-7-14-20(30)25(19)23(17-9-3-1-4-10-17)27-28(34(35)36-33-27)24(18-11-5-2-6-12-18)26-21(31)15-8-16-22(26)32/h1-16,23-24H. The smallest absolute Gasteiger partial charge is 0.234 e. The minimum Gasteiger partial charge on any atom is -0.359 e. The number of nitrogens with zero attached hydrogens (tertiary/aromatic N) is 2. The van der Waals surface area contributed by atoms with Gasteiger partial charge in [-0.3, -0.25) is 4.63 Å². The summed E-state index contributed by atoms with van der Waals surface area (Å²) in [5.41, 5.74) is 3.40. The van der Waals surface area contributed by atoms with Crippen LogP contribution in [-0.2, 0) is 0 Å². The van der Waals surface area contributed by atoms with Gasteiger partial charge in [0.2, 0.25) is 11.4 Å². The number of benzene rings is 4. The average molecular weight is 556 g/mol. The zero-order chi connectivity index (χ0) is 25.2. The number of aromatic nitrogens is 2. The summed E-state index contributed by atoms with van der Waals surface area (Å²) < 4.78 is 5.24. The van der Waals surface area contributed by atoms with Crippen LogP contribution in [0.15, 0.2) is 102 Å². The lowest BCUT2D eigenvalue weighted by molar-refractivity contribution is -0.808. The molecule has 0 saturated carbocycles. The topological polar surface area (TPSA) is 53.0 Å². The molecule has 0 aliphatic rings. The van der Waals surface area contributed by atoms with Crippen molar-refractivity contribution in [3.05, 3.63) is 156 Å². The molecule has 0 saturated heterocycles. The molecule has 0 spiro atoms. The van der Waals surface area contributed by atoms with Crippen LogP contribution in [0.1, 0.15) is 45.5 Å². The Labute approximate surface area is 228 Å². The minimum atomic E-state index is -0.682. The van der Waals surface area contributed by atoms with Gasteiger partial charge in [0.1, 0.15) is 0 Å². The largest absolute Gasteiger partial charge is 0.359 e. The second-order valence-electron chi connectivity index (χ2n) is 8.16. The average Bonchev–Trinajstić information content (AvgIpc) is 3.25. The first-order valence-corrected chi connectivity index (χ1v) is 12.6. The maximum absolute atomic E-state index is 13.3. The van der Waals surface area contributed by atoms with Crippen LogP contribution in [0.4, 0.5) is 0 Å². The van der Waals surface area contributed by atoms with Gasteiger partial charge in [0, 0.05) is 36.4 Å². The monoisotopic (exact) mass is 554 g/mol. The summed E-state index contributed by atoms with van der Waals surface area (Å²) in [5.74, 6) is -1.28. The lowest BCUT2D eigenvalue weighted by Crippen LogP contribution is -2.32. The summed E-state index contributed by atoms with van der Waals surface area (Å²) in [7, 11) is 0. The highest BCUT2D eigenvalue weighted by atomic mass is 35.5. The molecule has 5 aromatic rings. The van der Waals surface area contributed by atoms with Gasteiger partial charge in [0.05, 0.1) is 11.8 Å². The van der Waals surface area contributed by atoms with Crippen molar-refractivity contribution in [2.24, 2.45) is 0 Å². The number of hydrogen-bond donors (Lipinski definition) is 0. The minimum absolute atomic E-state index is 0.237. The quantitative estimate of drug-likeness (QED) is 0.198. The molecule has 180 valence electrons. The summed E-state index contributed by atoms with van der Waals surface area (Å²) in [6.07, 6.45) is 0. The van der Waals surface area contributed by atoms with Gasteiger partial charge in [0.25, 0.3) is 0 Å². The lowest BCUT2D eigenvalue weighted by Gasteiger charge is -2.22. The highest BCUT2D eigenvalue weighted by molar-refractivity contribution is 6.36. The predicted octanol–water partition coefficient (Wildman–Crippen LogP) is 8.28. The normalized spacial score (nSPS) is 12.9. The maximum atomic E-state index is 13.3. The third-order valence-electron chi connectivity index (χ3n) is 6.06. The zero-order valence-corrected chi connectivity index (χ0v) is 21.6. The second kappa shape index (κ2) is 10.5. The van der Waals surface area contributed by atoms with Crippen LogP contribution in [0.3, 0.4) is 0 Å². The first-order valence-electron chi connectivity index (χ1n) is 11.0. The van der Waals surface area contributed by atoms with E-state index in [4.69, 9.17) is 51.0 Å². The Morgan fingerprint density at radius 1 is 0.583 bits per heavy atom. The highest BCUT2D eigenvalue weighted by Gasteiger charge is 2.39. The molecule has 0 radical (unpaired) electrons. The van der Waals surface area contributed by atoms with Crippen LogP contribution < -0.4 is 4.90 Å². The van der Waals surface area contributed by atoms with Gasteiger partial charge in [-0.1, -0.05) is 119 Å². The summed E-state index contributed by atoms with van der Waals surface area (Å²) in [6.45, 7) is 0. The first-order chi connectivity index (χ1) is 17.5. The Hall–Kier alpha value is -3.02. The third-order valence-corrected chi connectivity index (χ3v) is 7.38. The predicted molar refractivity (Wildman–Crippen MR) is 143 cm³/mol. The van der Waals surface area contributed by atoms with Crippen molar-refractivity contribution in [3.8, 4) is 0 Å². The molecule has 1 aromatic heterocycles. The molecule has 0 bridgehead atoms. The molecule has 36 heavy (non-hydrogen) atoms. The Kier molecular flexibility index (Phi) is 7.22. The molecule has 2 unspecified atom stereocenters. The summed E-state index contributed by atoms with van der Waals surface area (Å²) in [5, 5.41) is 19.3. The molecule has 2 atom stereocenters. The van der Waals surface area contributed by atoms with Gasteiger partial charge in [0.15, 0.2) is 0 Å². The van der Waals surface area contributed by atoms with Crippen LogP contribution in [0.25, 0.3) is 0 Å². The second-order valence-corrected chi connectivity index (χ2v) is 9.79. The van der Waals surface area contributed by atoms with Gasteiger partial charge < -0.3 is 5.21 Å². The number of halogens is 4. The number of hydrogen-bond acceptors (Lipinski definition) is 3. The van der Waals surface area contributed by atoms with Crippen LogP contribution in [0.5, 0.6) is 0 Å². The van der Waals surface area contributed by atoms with E-state index in [2.05, 4.69) is 5.16 Å². The van der Waals surface area contributed by atoms with Gasteiger partial charge >= 0.3 is 0 Å². The van der Waals surface area contributed by atoms with E-state index in [1.165, 1.54) is 0 Å². The molecular weight excluding hydrogens is 538 g/mol. The van der Waals surface area contributed by atoms with Gasteiger partial charge in [-0.25, -0.2) is 0 Å². The first kappa shape index (κ1) is 24.7. The molecule has 0 amide bonds. The van der Waals surface area contributed by atoms with Crippen molar-refractivity contribution < 1.29 is 9.53 Å². The molecular formula is C28H18Cl4N2O2. The van der Waals surface area contributed by atoms with Crippen molar-refractivity contribution in [2.45, 2.75) is 11.8 Å². The van der Waals surface area contributed by atoms with E-state index in [-0.39, 0.29) is 5.69 Å². The van der Waals surface area contributed by atoms with Crippen molar-refractivity contribution in [3.63, 3.8) is 0 Å². The molecule has 1 heterocycles. The molecule has 0 aliphatic heterocycles. The zero-order valence-electron chi connectivity index (χ0n) is 18.6. The van der Waals surface area contributed by atoms with E-state index in [1.54, 1.807) is 36.4 Å². The summed E-state index contributed by atoms with van der Waals surface area (Å²) >= 11 is 26.7. The molecule has 0 N–H and O–H groups in total. The van der Waals surface area contributed by atoms with Crippen LogP contribution >= 0.6 is 46.4 Å². The Bertz CT molecular complexity index is 1470. The van der Waals surface area contributed by atoms with E-state index >= 15 is 0 Å². The van der Waals surface area contributed by atoms with Crippen LogP contribution in [-0.4, -0.2) is 5.16 Å². The molecule has 5 rings (SSSR count). The molecule has 0 aliphatic carbocycles. The van der Waals surface area contributed by atoms with E-state index in [1.807, 2.05) is 60.7 Å². The van der Waals surface area contributed by atoms with E-state index in [9.17, 15) is 5.21 Å². The summed E-state index contributed by atoms with van der Waals surface area (Å²) in [4.78, 5) is 0.410. The van der Waals surface area contributed by atoms with E-state index in [0.29, 0.717) is 41.8 Å². The molecule has 4 nitrogen and oxygen atoms in total. The maximum Gasteiger partial charge on any atom is 0.234 e. The lowest BCUT2D eigenvalue weighted by atomic mass is 9.81. The SMILES string of the molecule is [O-][n+]1onc(C(c2ccccc2)c2c(Cl)cccc2Cl)c1C(c1ccccc1)c1c(Cl)cccc1Cl. The fraction of sp³-hybridized carbons (Fsp3) is 0.0714. The van der Waals surface area contributed by atoms with E-state index in [0.717, 1.165) is 11.1 Å². The van der Waals surface area contributed by atoms with E-state index < -0.39 is 11.8 Å². The molecule has 4 aromatic carbocycles. The number of rotatable bonds is 6. The van der Waals surface area contributed by atoms with Gasteiger partial charge in [-0.05, 0) is 40.3 Å². The van der Waals surface area contributed by atoms with Crippen LogP contribution in [0.2, 0.25) is 20.1 Å². The van der Waals surface area contributed by atoms with Crippen LogP contribution in [0, 0.1) is 5.21 Å². The highest BCUT2D eigenvalue weighted by Crippen LogP contribution is 2.45. The van der Waals surface area contributed by atoms with Gasteiger partial charge in [-0.15, -0.1) is 0 Å². The molecule has 8 heteroatoms. The third kappa shape index (κ3) is 4.58. The Balaban J connectivity index is 1.84. The van der Waals surface area contributed by atoms with Crippen molar-refractivity contribution in [1.82, 2.24) is 5.16 Å². The van der Waals surface area contributed by atoms with Crippen molar-refractivity contribution >= 4 is 46.4 Å². The van der Waals surface area contributed by atoms with Crippen molar-refractivity contribution in [1.29, 1.82) is 0 Å². The Morgan fingerprint density at radius 3 is 1.47 bits per heavy atom. The fourth-order valence-corrected chi connectivity index (χ4v) is 5.74. The summed E-state index contributed by atoms with van der Waals surface area (Å²) in [6, 6.07) is 29.5. The van der Waals surface area contributed by atoms with Gasteiger partial charge in [-0.2, -0.15) is 0 Å². The fourth-order valence-electron chi connectivity index (χ4n) is 4.51.